The van der Waals surface area contributed by atoms with Crippen LogP contribution in [-0.4, -0.2) is 24.5 Å². The first-order valence-electron chi connectivity index (χ1n) is 6.63. The van der Waals surface area contributed by atoms with Crippen LogP contribution in [-0.2, 0) is 14.3 Å². The molecule has 0 aromatic heterocycles. The van der Waals surface area contributed by atoms with Gasteiger partial charge in [0.05, 0.1) is 21.7 Å². The highest BCUT2D eigenvalue weighted by Crippen LogP contribution is 2.34. The van der Waals surface area contributed by atoms with Crippen molar-refractivity contribution in [3.05, 3.63) is 26.6 Å². The summed E-state index contributed by atoms with van der Waals surface area (Å²) in [7, 11) is 0. The molecule has 0 aliphatic rings. The number of aryl methyl sites for hydroxylation is 1. The van der Waals surface area contributed by atoms with E-state index < -0.39 is 11.8 Å². The third-order valence-corrected chi connectivity index (χ3v) is 3.69. The number of hydrogen-bond acceptors (Lipinski definition) is 4. The highest BCUT2D eigenvalue weighted by atomic mass is 79.9. The normalized spacial score (nSPS) is 10.6. The highest BCUT2D eigenvalue weighted by molar-refractivity contribution is 9.11. The van der Waals surface area contributed by atoms with Crippen molar-refractivity contribution in [2.24, 2.45) is 0 Å². The smallest absolute Gasteiger partial charge is 0.374 e. The SMILES string of the molecule is Cc1cc(Br)c(OCCCC(=O)C(=O)OC(C)C)c(Br)c1. The number of ether oxygens (including phenoxy) is 2. The van der Waals surface area contributed by atoms with Gasteiger partial charge in [-0.15, -0.1) is 0 Å². The second kappa shape index (κ2) is 8.54. The van der Waals surface area contributed by atoms with Crippen LogP contribution < -0.4 is 4.74 Å². The lowest BCUT2D eigenvalue weighted by molar-refractivity contribution is -0.156. The minimum Gasteiger partial charge on any atom is -0.491 e. The number of hydrogen-bond donors (Lipinski definition) is 0. The summed E-state index contributed by atoms with van der Waals surface area (Å²) in [5.41, 5.74) is 1.10. The third-order valence-electron chi connectivity index (χ3n) is 2.51. The van der Waals surface area contributed by atoms with Gasteiger partial charge < -0.3 is 9.47 Å². The van der Waals surface area contributed by atoms with Crippen LogP contribution in [0, 0.1) is 6.92 Å². The Kier molecular flexibility index (Phi) is 7.39. The van der Waals surface area contributed by atoms with E-state index in [0.717, 1.165) is 14.5 Å². The first-order chi connectivity index (χ1) is 9.81. The van der Waals surface area contributed by atoms with Crippen LogP contribution >= 0.6 is 31.9 Å². The van der Waals surface area contributed by atoms with E-state index >= 15 is 0 Å². The molecule has 0 aliphatic carbocycles. The molecule has 0 heterocycles. The summed E-state index contributed by atoms with van der Waals surface area (Å²) >= 11 is 6.87. The second-order valence-electron chi connectivity index (χ2n) is 4.89. The number of carbonyl (C=O) groups excluding carboxylic acids is 2. The van der Waals surface area contributed by atoms with Gasteiger partial charge in [0.25, 0.3) is 0 Å². The van der Waals surface area contributed by atoms with Crippen molar-refractivity contribution in [1.29, 1.82) is 0 Å². The van der Waals surface area contributed by atoms with Gasteiger partial charge in [0, 0.05) is 6.42 Å². The molecule has 0 saturated heterocycles. The molecule has 4 nitrogen and oxygen atoms in total. The summed E-state index contributed by atoms with van der Waals surface area (Å²) < 4.78 is 12.2. The number of benzene rings is 1. The Morgan fingerprint density at radius 3 is 2.29 bits per heavy atom. The topological polar surface area (TPSA) is 52.6 Å². The maximum atomic E-state index is 11.5. The lowest BCUT2D eigenvalue weighted by atomic mass is 10.2. The van der Waals surface area contributed by atoms with Crippen molar-refractivity contribution in [2.75, 3.05) is 6.61 Å². The van der Waals surface area contributed by atoms with Crippen LogP contribution in [0.5, 0.6) is 5.75 Å². The van der Waals surface area contributed by atoms with E-state index in [4.69, 9.17) is 9.47 Å². The molecule has 0 bridgehead atoms. The van der Waals surface area contributed by atoms with Crippen molar-refractivity contribution >= 4 is 43.6 Å². The summed E-state index contributed by atoms with van der Waals surface area (Å²) in [5, 5.41) is 0. The fourth-order valence-electron chi connectivity index (χ4n) is 1.61. The molecule has 0 fully saturated rings. The molecule has 21 heavy (non-hydrogen) atoms. The van der Waals surface area contributed by atoms with Crippen LogP contribution in [0.15, 0.2) is 21.1 Å². The Balaban J connectivity index is 2.41. The Bertz CT molecular complexity index is 503. The third kappa shape index (κ3) is 6.18. The molecule has 0 spiro atoms. The van der Waals surface area contributed by atoms with Crippen LogP contribution in [0.3, 0.4) is 0 Å². The minimum atomic E-state index is -0.775. The summed E-state index contributed by atoms with van der Waals surface area (Å²) in [4.78, 5) is 22.9. The second-order valence-corrected chi connectivity index (χ2v) is 6.60. The lowest BCUT2D eigenvalue weighted by Crippen LogP contribution is -2.21. The number of ketones is 1. The molecule has 1 aromatic rings. The molecule has 0 amide bonds. The van der Waals surface area contributed by atoms with Crippen LogP contribution in [0.2, 0.25) is 0 Å². The van der Waals surface area contributed by atoms with E-state index in [0.29, 0.717) is 18.8 Å². The lowest BCUT2D eigenvalue weighted by Gasteiger charge is -2.11. The zero-order valence-corrected chi connectivity index (χ0v) is 15.4. The average Bonchev–Trinajstić information content (AvgIpc) is 2.35. The van der Waals surface area contributed by atoms with Gasteiger partial charge in [0.15, 0.2) is 0 Å². The number of halogens is 2. The molecule has 1 aromatic carbocycles. The van der Waals surface area contributed by atoms with Crippen molar-refractivity contribution < 1.29 is 19.1 Å². The van der Waals surface area contributed by atoms with E-state index in [-0.39, 0.29) is 12.5 Å². The van der Waals surface area contributed by atoms with E-state index in [1.807, 2.05) is 19.1 Å². The molecule has 0 atom stereocenters. The van der Waals surface area contributed by atoms with E-state index in [2.05, 4.69) is 31.9 Å². The van der Waals surface area contributed by atoms with Gasteiger partial charge in [-0.3, -0.25) is 4.79 Å². The van der Waals surface area contributed by atoms with Gasteiger partial charge in [0.1, 0.15) is 5.75 Å². The predicted molar refractivity (Wildman–Crippen MR) is 87.5 cm³/mol. The molecule has 0 aliphatic heterocycles. The maximum absolute atomic E-state index is 11.5. The van der Waals surface area contributed by atoms with Crippen LogP contribution in [0.1, 0.15) is 32.3 Å². The molecular formula is C15H18Br2O4. The molecule has 6 heteroatoms. The molecule has 0 N–H and O–H groups in total. The Hall–Kier alpha value is -0.880. The van der Waals surface area contributed by atoms with Gasteiger partial charge in [0.2, 0.25) is 5.78 Å². The van der Waals surface area contributed by atoms with Crippen molar-refractivity contribution in [1.82, 2.24) is 0 Å². The zero-order valence-electron chi connectivity index (χ0n) is 12.2. The van der Waals surface area contributed by atoms with Gasteiger partial charge in [-0.25, -0.2) is 4.79 Å². The standard InChI is InChI=1S/C15H18Br2O4/c1-9(2)21-15(19)13(18)5-4-6-20-14-11(16)7-10(3)8-12(14)17/h7-9H,4-6H2,1-3H3. The van der Waals surface area contributed by atoms with Crippen molar-refractivity contribution in [3.8, 4) is 5.75 Å². The number of rotatable bonds is 7. The van der Waals surface area contributed by atoms with Crippen LogP contribution in [0.4, 0.5) is 0 Å². The van der Waals surface area contributed by atoms with Gasteiger partial charge in [-0.05, 0) is 76.7 Å². The number of carbonyl (C=O) groups is 2. The summed E-state index contributed by atoms with van der Waals surface area (Å²) in [5.74, 6) is -0.602. The zero-order chi connectivity index (χ0) is 16.0. The Morgan fingerprint density at radius 1 is 1.19 bits per heavy atom. The first-order valence-corrected chi connectivity index (χ1v) is 8.22. The molecule has 0 saturated carbocycles. The van der Waals surface area contributed by atoms with E-state index in [1.54, 1.807) is 13.8 Å². The molecule has 0 unspecified atom stereocenters. The summed E-state index contributed by atoms with van der Waals surface area (Å²) in [6.45, 7) is 5.75. The number of Topliss-reactive ketones (excluding diaryl/α,β-unsaturated/α-hetero) is 1. The minimum absolute atomic E-state index is 0.118. The summed E-state index contributed by atoms with van der Waals surface area (Å²) in [6, 6.07) is 3.90. The number of esters is 1. The first kappa shape index (κ1) is 18.2. The molecule has 1 rings (SSSR count). The van der Waals surface area contributed by atoms with Gasteiger partial charge >= 0.3 is 5.97 Å². The maximum Gasteiger partial charge on any atom is 0.374 e. The van der Waals surface area contributed by atoms with Crippen molar-refractivity contribution in [3.63, 3.8) is 0 Å². The fourth-order valence-corrected chi connectivity index (χ4v) is 3.26. The highest BCUT2D eigenvalue weighted by Gasteiger charge is 2.16. The Morgan fingerprint density at radius 2 is 1.76 bits per heavy atom. The van der Waals surface area contributed by atoms with Crippen molar-refractivity contribution in [2.45, 2.75) is 39.7 Å². The molecular weight excluding hydrogens is 404 g/mol. The molecule has 116 valence electrons. The Labute approximate surface area is 141 Å². The predicted octanol–water partition coefficient (Wildman–Crippen LogP) is 4.20. The van der Waals surface area contributed by atoms with E-state index in [1.165, 1.54) is 0 Å². The summed E-state index contributed by atoms with van der Waals surface area (Å²) in [6.07, 6.45) is 0.294. The van der Waals surface area contributed by atoms with E-state index in [9.17, 15) is 9.59 Å². The van der Waals surface area contributed by atoms with Gasteiger partial charge in [-0.1, -0.05) is 0 Å². The quantitative estimate of drug-likeness (QED) is 0.376. The fraction of sp³-hybridized carbons (Fsp3) is 0.467. The van der Waals surface area contributed by atoms with Crippen LogP contribution in [0.25, 0.3) is 0 Å². The average molecular weight is 422 g/mol. The largest absolute Gasteiger partial charge is 0.491 e. The molecule has 0 radical (unpaired) electrons. The van der Waals surface area contributed by atoms with Gasteiger partial charge in [-0.2, -0.15) is 0 Å². The monoisotopic (exact) mass is 420 g/mol.